The molecule has 2 heterocycles. The van der Waals surface area contributed by atoms with Crippen molar-refractivity contribution in [1.82, 2.24) is 9.38 Å². The Labute approximate surface area is 197 Å². The highest BCUT2D eigenvalue weighted by molar-refractivity contribution is 9.11. The molecule has 0 radical (unpaired) electrons. The molecule has 9 heteroatoms. The van der Waals surface area contributed by atoms with Crippen LogP contribution in [0.2, 0.25) is 0 Å². The smallest absolute Gasteiger partial charge is 0.165 e. The van der Waals surface area contributed by atoms with E-state index >= 15 is 0 Å². The van der Waals surface area contributed by atoms with Crippen LogP contribution in [0, 0.1) is 0 Å². The van der Waals surface area contributed by atoms with E-state index in [-0.39, 0.29) is 11.5 Å². The summed E-state index contributed by atoms with van der Waals surface area (Å²) < 4.78 is 9.31. The number of aromatic hydroxyl groups is 2. The average Bonchev–Trinajstić information content (AvgIpc) is 3.07. The topological polar surface area (TPSA) is 79.4 Å². The van der Waals surface area contributed by atoms with Crippen molar-refractivity contribution in [2.45, 2.75) is 0 Å². The van der Waals surface area contributed by atoms with Crippen molar-refractivity contribution in [2.75, 3.05) is 7.11 Å². The van der Waals surface area contributed by atoms with Gasteiger partial charge in [-0.25, -0.2) is 9.98 Å². The van der Waals surface area contributed by atoms with Crippen molar-refractivity contribution < 1.29 is 14.9 Å². The normalized spacial score (nSPS) is 11.5. The van der Waals surface area contributed by atoms with Gasteiger partial charge in [-0.15, -0.1) is 0 Å². The maximum Gasteiger partial charge on any atom is 0.165 e. The largest absolute Gasteiger partial charge is 0.506 e. The number of aromatic nitrogens is 2. The SMILES string of the molecule is COc1cc(-c2nc3ccc(Br)cn3c2N=Cc2cc(Br)cc(Br)c2O)ccc1O. The summed E-state index contributed by atoms with van der Waals surface area (Å²) in [5, 5.41) is 20.3. The van der Waals surface area contributed by atoms with E-state index in [2.05, 4.69) is 52.8 Å². The van der Waals surface area contributed by atoms with E-state index < -0.39 is 0 Å². The Morgan fingerprint density at radius 3 is 2.60 bits per heavy atom. The number of pyridine rings is 1. The fourth-order valence-electron chi connectivity index (χ4n) is 2.96. The van der Waals surface area contributed by atoms with Crippen LogP contribution < -0.4 is 4.74 Å². The minimum absolute atomic E-state index is 0.0433. The summed E-state index contributed by atoms with van der Waals surface area (Å²) in [6.07, 6.45) is 3.45. The van der Waals surface area contributed by atoms with Gasteiger partial charge in [-0.1, -0.05) is 15.9 Å². The minimum Gasteiger partial charge on any atom is -0.506 e. The maximum absolute atomic E-state index is 10.4. The van der Waals surface area contributed by atoms with E-state index in [4.69, 9.17) is 9.72 Å². The molecular weight excluding hydrogens is 582 g/mol. The number of benzene rings is 2. The molecule has 0 atom stereocenters. The quantitative estimate of drug-likeness (QED) is 0.266. The van der Waals surface area contributed by atoms with Crippen LogP contribution in [0.1, 0.15) is 5.56 Å². The molecule has 0 fully saturated rings. The molecule has 0 unspecified atom stereocenters. The lowest BCUT2D eigenvalue weighted by Crippen LogP contribution is -1.88. The second kappa shape index (κ2) is 8.41. The lowest BCUT2D eigenvalue weighted by molar-refractivity contribution is 0.373. The second-order valence-electron chi connectivity index (χ2n) is 6.33. The molecule has 4 rings (SSSR count). The lowest BCUT2D eigenvalue weighted by Gasteiger charge is -2.06. The zero-order valence-electron chi connectivity index (χ0n) is 15.5. The molecule has 6 nitrogen and oxygen atoms in total. The van der Waals surface area contributed by atoms with Crippen molar-refractivity contribution >= 4 is 65.5 Å². The second-order valence-corrected chi connectivity index (χ2v) is 9.02. The van der Waals surface area contributed by atoms with Crippen LogP contribution in [0.3, 0.4) is 0 Å². The number of aliphatic imine (C=N–C) groups is 1. The molecule has 0 aliphatic rings. The van der Waals surface area contributed by atoms with Crippen LogP contribution in [0.5, 0.6) is 17.2 Å². The van der Waals surface area contributed by atoms with Crippen LogP contribution in [0.4, 0.5) is 5.82 Å². The standard InChI is InChI=1S/C21H14Br3N3O3/c1-30-17-7-11(2-4-16(17)28)19-21(27-10-13(22)3-5-18(27)26-19)25-9-12-6-14(23)8-15(24)20(12)29/h2-10,28-29H,1H3. The third-order valence-corrected chi connectivity index (χ3v) is 5.93. The summed E-state index contributed by atoms with van der Waals surface area (Å²) in [5.74, 6) is 1.04. The molecule has 0 saturated heterocycles. The maximum atomic E-state index is 10.4. The van der Waals surface area contributed by atoms with Crippen LogP contribution in [0.15, 0.2) is 67.1 Å². The highest BCUT2D eigenvalue weighted by atomic mass is 79.9. The van der Waals surface area contributed by atoms with E-state index in [9.17, 15) is 10.2 Å². The highest BCUT2D eigenvalue weighted by Gasteiger charge is 2.16. The molecule has 2 N–H and O–H groups in total. The number of phenolic OH excluding ortho intramolecular Hbond substituents is 2. The molecule has 0 amide bonds. The first-order valence-electron chi connectivity index (χ1n) is 8.64. The van der Waals surface area contributed by atoms with Gasteiger partial charge in [0.2, 0.25) is 0 Å². The van der Waals surface area contributed by atoms with Crippen molar-refractivity contribution in [3.05, 3.63) is 67.6 Å². The van der Waals surface area contributed by atoms with Crippen LogP contribution >= 0.6 is 47.8 Å². The van der Waals surface area contributed by atoms with E-state index in [1.165, 1.54) is 7.11 Å². The Balaban J connectivity index is 1.92. The van der Waals surface area contributed by atoms with E-state index in [0.29, 0.717) is 32.9 Å². The van der Waals surface area contributed by atoms with Crippen LogP contribution in [0.25, 0.3) is 16.9 Å². The third-order valence-electron chi connectivity index (χ3n) is 4.39. The zero-order valence-corrected chi connectivity index (χ0v) is 20.2. The lowest BCUT2D eigenvalue weighted by atomic mass is 10.1. The molecule has 4 aromatic rings. The third kappa shape index (κ3) is 3.97. The Morgan fingerprint density at radius 1 is 1.03 bits per heavy atom. The number of phenols is 2. The first-order valence-corrected chi connectivity index (χ1v) is 11.0. The number of halogens is 3. The monoisotopic (exact) mass is 593 g/mol. The number of rotatable bonds is 4. The van der Waals surface area contributed by atoms with E-state index in [0.717, 1.165) is 14.5 Å². The van der Waals surface area contributed by atoms with Gasteiger partial charge < -0.3 is 14.9 Å². The van der Waals surface area contributed by atoms with E-state index in [1.54, 1.807) is 36.5 Å². The number of ether oxygens (including phenoxy) is 1. The van der Waals surface area contributed by atoms with Gasteiger partial charge >= 0.3 is 0 Å². The fraction of sp³-hybridized carbons (Fsp3) is 0.0476. The summed E-state index contributed by atoms with van der Waals surface area (Å²) in [7, 11) is 1.49. The van der Waals surface area contributed by atoms with Crippen LogP contribution in [-0.4, -0.2) is 32.9 Å². The van der Waals surface area contributed by atoms with Gasteiger partial charge in [0.25, 0.3) is 0 Å². The van der Waals surface area contributed by atoms with Crippen molar-refractivity contribution in [1.29, 1.82) is 0 Å². The molecular formula is C21H14Br3N3O3. The van der Waals surface area contributed by atoms with Gasteiger partial charge in [-0.05, 0) is 74.3 Å². The molecule has 0 saturated carbocycles. The van der Waals surface area contributed by atoms with Crippen molar-refractivity contribution in [2.24, 2.45) is 4.99 Å². The van der Waals surface area contributed by atoms with Gasteiger partial charge in [0.05, 0.1) is 11.6 Å². The summed E-state index contributed by atoms with van der Waals surface area (Å²) >= 11 is 10.2. The zero-order chi connectivity index (χ0) is 21.4. The van der Waals surface area contributed by atoms with Crippen molar-refractivity contribution in [3.63, 3.8) is 0 Å². The molecule has 0 aliphatic heterocycles. The number of nitrogens with zero attached hydrogens (tertiary/aromatic N) is 3. The molecule has 0 spiro atoms. The number of fused-ring (bicyclic) bond motifs is 1. The molecule has 0 aliphatic carbocycles. The minimum atomic E-state index is 0.0433. The predicted octanol–water partition coefficient (Wildman–Crippen LogP) is 6.46. The summed E-state index contributed by atoms with van der Waals surface area (Å²) in [6.45, 7) is 0. The fourth-order valence-corrected chi connectivity index (χ4v) is 4.56. The number of hydrogen-bond donors (Lipinski definition) is 2. The Hall–Kier alpha value is -2.36. The first-order chi connectivity index (χ1) is 14.4. The summed E-state index contributed by atoms with van der Waals surface area (Å²) in [5.41, 5.74) is 2.58. The van der Waals surface area contributed by atoms with Gasteiger partial charge in [0.1, 0.15) is 17.1 Å². The van der Waals surface area contributed by atoms with Gasteiger partial charge in [-0.2, -0.15) is 0 Å². The number of hydrogen-bond acceptors (Lipinski definition) is 5. The van der Waals surface area contributed by atoms with Gasteiger partial charge in [-0.3, -0.25) is 4.40 Å². The predicted molar refractivity (Wildman–Crippen MR) is 127 cm³/mol. The summed E-state index contributed by atoms with van der Waals surface area (Å²) in [4.78, 5) is 9.36. The number of imidazole rings is 1. The highest BCUT2D eigenvalue weighted by Crippen LogP contribution is 2.37. The molecule has 2 aromatic heterocycles. The molecule has 30 heavy (non-hydrogen) atoms. The number of methoxy groups -OCH3 is 1. The van der Waals surface area contributed by atoms with Gasteiger partial charge in [0.15, 0.2) is 17.3 Å². The van der Waals surface area contributed by atoms with Gasteiger partial charge in [0, 0.05) is 32.5 Å². The first kappa shape index (κ1) is 20.9. The Kier molecular flexibility index (Phi) is 5.86. The average molecular weight is 596 g/mol. The Bertz CT molecular complexity index is 1300. The molecule has 152 valence electrons. The van der Waals surface area contributed by atoms with Crippen LogP contribution in [-0.2, 0) is 0 Å². The molecule has 2 aromatic carbocycles. The molecule has 0 bridgehead atoms. The van der Waals surface area contributed by atoms with E-state index in [1.807, 2.05) is 22.7 Å². The Morgan fingerprint density at radius 2 is 1.83 bits per heavy atom. The van der Waals surface area contributed by atoms with Crippen molar-refractivity contribution in [3.8, 4) is 28.5 Å². The summed E-state index contributed by atoms with van der Waals surface area (Å²) in [6, 6.07) is 12.3.